The Bertz CT molecular complexity index is 3580. The first-order valence-electron chi connectivity index (χ1n) is 28.6. The lowest BCUT2D eigenvalue weighted by atomic mass is 9.91. The molecular weight excluding hydrogens is 1170 g/mol. The number of Topliss-reactive ketones (excluding diaryl/α,β-unsaturated/α-hetero) is 1. The number of allylic oxidation sites excluding steroid dienone is 2. The topological polar surface area (TPSA) is 194 Å². The van der Waals surface area contributed by atoms with Crippen LogP contribution in [-0.2, 0) is 57.3 Å². The summed E-state index contributed by atoms with van der Waals surface area (Å²) in [4.78, 5) is 38.4. The van der Waals surface area contributed by atoms with Gasteiger partial charge in [-0.25, -0.2) is 24.6 Å². The molecule has 4 heterocycles. The van der Waals surface area contributed by atoms with Crippen LogP contribution in [0.25, 0.3) is 27.6 Å². The Balaban J connectivity index is 0.000000204. The fourth-order valence-electron chi connectivity index (χ4n) is 9.98. The number of aromatic nitrogens is 4. The minimum absolute atomic E-state index is 0.00694. The number of carbonyl (C=O) groups is 2. The lowest BCUT2D eigenvalue weighted by Gasteiger charge is -2.27. The average Bonchev–Trinajstić information content (AvgIpc) is 2.23. The molecule has 16 nitrogen and oxygen atoms in total. The Morgan fingerprint density at radius 2 is 1.04 bits per heavy atom. The Morgan fingerprint density at radius 1 is 0.618 bits per heavy atom. The molecule has 0 bridgehead atoms. The number of morpholine rings is 2. The molecule has 8 aromatic rings. The van der Waals surface area contributed by atoms with Crippen molar-refractivity contribution in [2.45, 2.75) is 51.1 Å². The number of ketones is 1. The van der Waals surface area contributed by atoms with Gasteiger partial charge in [0.2, 0.25) is 11.9 Å². The van der Waals surface area contributed by atoms with Crippen molar-refractivity contribution in [3.8, 4) is 0 Å². The third kappa shape index (κ3) is 19.2. The number of methoxy groups -OCH3 is 1. The number of ether oxygens (including phenoxy) is 3. The number of esters is 1. The Hall–Kier alpha value is -8.52. The maximum atomic E-state index is 13.5. The number of aliphatic hydroxyl groups excluding tert-OH is 2. The van der Waals surface area contributed by atoms with Gasteiger partial charge in [-0.1, -0.05) is 79.4 Å². The second-order valence-corrected chi connectivity index (χ2v) is 20.5. The number of fused-ring (bicyclic) bond motifs is 2. The van der Waals surface area contributed by atoms with E-state index in [4.69, 9.17) is 25.4 Å². The molecule has 2 fully saturated rings. The highest BCUT2D eigenvalue weighted by molar-refractivity contribution is 6.08. The van der Waals surface area contributed by atoms with Crippen molar-refractivity contribution in [3.05, 3.63) is 209 Å². The van der Waals surface area contributed by atoms with E-state index in [2.05, 4.69) is 47.5 Å². The summed E-state index contributed by atoms with van der Waals surface area (Å²) in [6.07, 6.45) is -7.84. The molecule has 10 rings (SSSR count). The van der Waals surface area contributed by atoms with E-state index in [1.54, 1.807) is 12.1 Å². The minimum Gasteiger partial charge on any atom is -0.494 e. The number of nitrogens with zero attached hydrogens (tertiary/aromatic N) is 6. The van der Waals surface area contributed by atoms with Crippen LogP contribution >= 0.6 is 0 Å². The maximum Gasteiger partial charge on any atom is 0.416 e. The molecule has 0 amide bonds. The van der Waals surface area contributed by atoms with E-state index < -0.39 is 47.0 Å². The number of benzene rings is 6. The van der Waals surface area contributed by atoms with Crippen molar-refractivity contribution >= 4 is 51.3 Å². The number of hydrogen-bond donors (Lipinski definition) is 5. The van der Waals surface area contributed by atoms with Gasteiger partial charge in [0.25, 0.3) is 0 Å². The summed E-state index contributed by atoms with van der Waals surface area (Å²) < 4.78 is 123. The van der Waals surface area contributed by atoms with Gasteiger partial charge in [-0.3, -0.25) is 30.1 Å². The zero-order chi connectivity index (χ0) is 64.1. The molecule has 0 spiro atoms. The van der Waals surface area contributed by atoms with Crippen molar-refractivity contribution in [2.75, 3.05) is 90.7 Å². The number of aryl methyl sites for hydroxylation is 2. The summed E-state index contributed by atoms with van der Waals surface area (Å²) in [5, 5.41) is 21.5. The molecule has 474 valence electrons. The molecule has 89 heavy (non-hydrogen) atoms. The van der Waals surface area contributed by atoms with Crippen LogP contribution in [0.1, 0.15) is 51.0 Å². The van der Waals surface area contributed by atoms with Gasteiger partial charge in [0.15, 0.2) is 11.7 Å². The fraction of sp³-hybridized carbons (Fsp3) is 0.323. The van der Waals surface area contributed by atoms with Gasteiger partial charge in [0, 0.05) is 70.6 Å². The van der Waals surface area contributed by atoms with Crippen molar-refractivity contribution in [2.24, 2.45) is 11.8 Å². The van der Waals surface area contributed by atoms with Gasteiger partial charge >= 0.3 is 18.3 Å². The Morgan fingerprint density at radius 3 is 1.49 bits per heavy atom. The van der Waals surface area contributed by atoms with E-state index in [1.807, 2.05) is 47.0 Å². The standard InChI is InChI=1S/C32H32F4N4O2.C19H16F4O3.C13H19N5O.CH4O/c1-22(24-9-11-25(12-10-24)32(34,35)36)27(15-8-23-6-13-26(33)14-7-23)30(41)38-31-37-28-4-2-3-5-29(28)40(31)17-16-39-18-20-42-21-19-39;1-26-18(25)16(11-4-12-2-9-15(20)10-3-12)17(24)13-5-7-14(8-6-13)19(21,22)23;14-16-13-15-11-3-1-2-4-12(11)18(13)6-5-17-7-9-19-10-8-17;1-2/h2-7,9-14,41H,1,8,15-21H2,(H,37,38);2-3,5-10,16H,4,11H2,1H3;1-4H,5-10,14H2,(H,15,16);2H,1H3/b30-27+;;;. The van der Waals surface area contributed by atoms with E-state index in [1.165, 1.54) is 48.5 Å². The average molecular weight is 1240 g/mol. The van der Waals surface area contributed by atoms with Gasteiger partial charge in [-0.15, -0.1) is 0 Å². The minimum atomic E-state index is -4.51. The number of aliphatic hydroxyl groups is 2. The largest absolute Gasteiger partial charge is 0.494 e. The molecule has 6 aromatic carbocycles. The molecule has 6 N–H and O–H groups in total. The second-order valence-electron chi connectivity index (χ2n) is 20.5. The molecule has 2 saturated heterocycles. The highest BCUT2D eigenvalue weighted by Gasteiger charge is 2.33. The van der Waals surface area contributed by atoms with Crippen molar-refractivity contribution < 1.29 is 69.1 Å². The third-order valence-electron chi connectivity index (χ3n) is 14.9. The first-order chi connectivity index (χ1) is 42.8. The highest BCUT2D eigenvalue weighted by Crippen LogP contribution is 2.34. The summed E-state index contributed by atoms with van der Waals surface area (Å²) in [5.74, 6) is 3.21. The number of halogens is 8. The smallest absolute Gasteiger partial charge is 0.416 e. The number of para-hydroxylation sites is 4. The molecule has 24 heteroatoms. The van der Waals surface area contributed by atoms with E-state index >= 15 is 0 Å². The summed E-state index contributed by atoms with van der Waals surface area (Å²) in [6, 6.07) is 35.7. The lowest BCUT2D eigenvalue weighted by molar-refractivity contribution is -0.144. The van der Waals surface area contributed by atoms with E-state index in [-0.39, 0.29) is 23.7 Å². The summed E-state index contributed by atoms with van der Waals surface area (Å²) in [7, 11) is 2.13. The van der Waals surface area contributed by atoms with Gasteiger partial charge in [-0.05, 0) is 121 Å². The summed E-state index contributed by atoms with van der Waals surface area (Å²) in [5.41, 5.74) is 7.53. The monoisotopic (exact) mass is 1240 g/mol. The van der Waals surface area contributed by atoms with Crippen molar-refractivity contribution in [1.29, 1.82) is 0 Å². The van der Waals surface area contributed by atoms with E-state index in [0.717, 1.165) is 149 Å². The maximum absolute atomic E-state index is 13.5. The number of hydrogen-bond acceptors (Lipinski definition) is 14. The third-order valence-corrected chi connectivity index (χ3v) is 14.9. The molecule has 0 aliphatic carbocycles. The predicted octanol–water partition coefficient (Wildman–Crippen LogP) is 11.8. The number of rotatable bonds is 20. The van der Waals surface area contributed by atoms with Gasteiger partial charge < -0.3 is 33.6 Å². The van der Waals surface area contributed by atoms with Crippen molar-refractivity contribution in [3.63, 3.8) is 0 Å². The van der Waals surface area contributed by atoms with E-state index in [0.29, 0.717) is 61.7 Å². The Kier molecular flexibility index (Phi) is 24.9. The molecule has 1 unspecified atom stereocenters. The van der Waals surface area contributed by atoms with Gasteiger partial charge in [-0.2, -0.15) is 26.3 Å². The van der Waals surface area contributed by atoms with Crippen LogP contribution in [0.5, 0.6) is 0 Å². The van der Waals surface area contributed by atoms with Crippen LogP contribution < -0.4 is 16.6 Å². The molecule has 0 saturated carbocycles. The SMILES string of the molecule is C=C(/C(CCc1ccc(F)cc1)=C(/O)Nc1nc2ccccc2n1CCN1CCOCC1)c1ccc(C(F)(F)F)cc1.CO.COC(=O)C(CCc1ccc(F)cc1)C(=O)c1ccc(C(F)(F)F)cc1.NNc1nc2ccccc2n1CCN1CCOCC1. The molecule has 1 atom stereocenters. The quantitative estimate of drug-likeness (QED) is 0.00707. The van der Waals surface area contributed by atoms with Crippen LogP contribution in [0.2, 0.25) is 0 Å². The van der Waals surface area contributed by atoms with Crippen LogP contribution in [0, 0.1) is 17.6 Å². The number of hydrazine groups is 1. The summed E-state index contributed by atoms with van der Waals surface area (Å²) in [6.45, 7) is 14.0. The molecule has 2 aliphatic rings. The number of nitrogens with one attached hydrogen (secondary N) is 2. The van der Waals surface area contributed by atoms with Crippen LogP contribution in [0.3, 0.4) is 0 Å². The number of carbonyl (C=O) groups excluding carboxylic acids is 2. The second kappa shape index (κ2) is 32.6. The number of imidazole rings is 2. The molecular formula is C65H71F8N9O7. The van der Waals surface area contributed by atoms with Crippen LogP contribution in [0.15, 0.2) is 164 Å². The highest BCUT2D eigenvalue weighted by atomic mass is 19.4. The fourth-order valence-corrected chi connectivity index (χ4v) is 9.98. The number of alkyl halides is 6. The first kappa shape index (κ1) is 68.0. The predicted molar refractivity (Wildman–Crippen MR) is 324 cm³/mol. The number of anilines is 2. The number of nitrogen functional groups attached to an aromatic ring is 1. The zero-order valence-corrected chi connectivity index (χ0v) is 49.2. The molecule has 2 aliphatic heterocycles. The molecule has 2 aromatic heterocycles. The zero-order valence-electron chi connectivity index (χ0n) is 49.2. The number of nitrogens with two attached hydrogens (primary N) is 1. The van der Waals surface area contributed by atoms with E-state index in [9.17, 15) is 49.8 Å². The van der Waals surface area contributed by atoms with Crippen LogP contribution in [-0.4, -0.2) is 131 Å². The Labute approximate surface area is 509 Å². The van der Waals surface area contributed by atoms with Crippen LogP contribution in [0.4, 0.5) is 47.0 Å². The van der Waals surface area contributed by atoms with Gasteiger partial charge in [0.1, 0.15) is 17.6 Å². The summed E-state index contributed by atoms with van der Waals surface area (Å²) >= 11 is 0. The van der Waals surface area contributed by atoms with Crippen molar-refractivity contribution in [1.82, 2.24) is 28.9 Å². The van der Waals surface area contributed by atoms with Gasteiger partial charge in [0.05, 0.1) is 66.7 Å². The first-order valence-corrected chi connectivity index (χ1v) is 28.6. The molecule has 0 radical (unpaired) electrons. The lowest BCUT2D eigenvalue weighted by Crippen LogP contribution is -2.38. The normalized spacial score (nSPS) is 14.4.